The van der Waals surface area contributed by atoms with Crippen molar-refractivity contribution in [3.05, 3.63) is 22.4 Å². The highest BCUT2D eigenvalue weighted by atomic mass is 32.2. The molecule has 3 rings (SSSR count). The van der Waals surface area contributed by atoms with E-state index in [-0.39, 0.29) is 22.9 Å². The predicted molar refractivity (Wildman–Crippen MR) is 90.7 cm³/mol. The van der Waals surface area contributed by atoms with Crippen molar-refractivity contribution in [1.82, 2.24) is 10.2 Å². The Labute approximate surface area is 135 Å². The normalized spacial score (nSPS) is 29.0. The Kier molecular flexibility index (Phi) is 4.62. The second-order valence-electron chi connectivity index (χ2n) is 6.22. The number of nitrogens with zero attached hydrogens (tertiary/aromatic N) is 1. The first kappa shape index (κ1) is 15.4. The number of amides is 1. The van der Waals surface area contributed by atoms with Crippen LogP contribution in [0.2, 0.25) is 0 Å². The molecule has 2 atom stereocenters. The van der Waals surface area contributed by atoms with Gasteiger partial charge in [-0.2, -0.15) is 11.8 Å². The molecular formula is C16H24N2OS2. The SMILES string of the molecule is CSC1(CN2C(=O)C(C)NC2c2cccs2)CCCCC1. The Morgan fingerprint density at radius 3 is 2.81 bits per heavy atom. The van der Waals surface area contributed by atoms with Gasteiger partial charge in [0.2, 0.25) is 5.91 Å². The van der Waals surface area contributed by atoms with Gasteiger partial charge in [0, 0.05) is 16.2 Å². The fraction of sp³-hybridized carbons (Fsp3) is 0.688. The largest absolute Gasteiger partial charge is 0.319 e. The summed E-state index contributed by atoms with van der Waals surface area (Å²) in [5.41, 5.74) is 0. The lowest BCUT2D eigenvalue weighted by Gasteiger charge is -2.40. The molecule has 116 valence electrons. The summed E-state index contributed by atoms with van der Waals surface area (Å²) >= 11 is 3.70. The summed E-state index contributed by atoms with van der Waals surface area (Å²) in [6.45, 7) is 2.86. The fourth-order valence-corrected chi connectivity index (χ4v) is 5.32. The summed E-state index contributed by atoms with van der Waals surface area (Å²) in [7, 11) is 0. The lowest BCUT2D eigenvalue weighted by molar-refractivity contribution is -0.130. The summed E-state index contributed by atoms with van der Waals surface area (Å²) < 4.78 is 0.259. The van der Waals surface area contributed by atoms with Crippen LogP contribution in [0.25, 0.3) is 0 Å². The topological polar surface area (TPSA) is 32.3 Å². The van der Waals surface area contributed by atoms with Crippen LogP contribution in [0.1, 0.15) is 50.1 Å². The molecule has 21 heavy (non-hydrogen) atoms. The van der Waals surface area contributed by atoms with Crippen LogP contribution in [0.4, 0.5) is 0 Å². The van der Waals surface area contributed by atoms with Gasteiger partial charge in [-0.25, -0.2) is 0 Å². The zero-order chi connectivity index (χ0) is 14.9. The molecule has 1 N–H and O–H groups in total. The van der Waals surface area contributed by atoms with E-state index >= 15 is 0 Å². The molecule has 1 saturated heterocycles. The summed E-state index contributed by atoms with van der Waals surface area (Å²) in [6.07, 6.45) is 8.71. The Morgan fingerprint density at radius 1 is 1.43 bits per heavy atom. The molecule has 3 nitrogen and oxygen atoms in total. The zero-order valence-electron chi connectivity index (χ0n) is 12.8. The van der Waals surface area contributed by atoms with E-state index in [0.717, 1.165) is 6.54 Å². The second-order valence-corrected chi connectivity index (χ2v) is 8.47. The maximum absolute atomic E-state index is 12.6. The van der Waals surface area contributed by atoms with Gasteiger partial charge < -0.3 is 4.90 Å². The number of rotatable bonds is 4. The summed E-state index contributed by atoms with van der Waals surface area (Å²) in [5, 5.41) is 5.56. The molecule has 1 aromatic rings. The first-order valence-electron chi connectivity index (χ1n) is 7.80. The van der Waals surface area contributed by atoms with Crippen molar-refractivity contribution < 1.29 is 4.79 Å². The molecule has 0 spiro atoms. The molecule has 2 fully saturated rings. The Morgan fingerprint density at radius 2 is 2.19 bits per heavy atom. The molecule has 1 aromatic heterocycles. The second kappa shape index (κ2) is 6.31. The molecule has 2 unspecified atom stereocenters. The molecule has 5 heteroatoms. The van der Waals surface area contributed by atoms with Crippen molar-refractivity contribution in [1.29, 1.82) is 0 Å². The third-order valence-corrected chi connectivity index (χ3v) is 7.17. The lowest BCUT2D eigenvalue weighted by Crippen LogP contribution is -2.44. The highest BCUT2D eigenvalue weighted by molar-refractivity contribution is 8.00. The molecule has 0 radical (unpaired) electrons. The van der Waals surface area contributed by atoms with Crippen LogP contribution >= 0.6 is 23.1 Å². The van der Waals surface area contributed by atoms with Crippen LogP contribution in [0, 0.1) is 0 Å². The van der Waals surface area contributed by atoms with Crippen molar-refractivity contribution in [3.8, 4) is 0 Å². The van der Waals surface area contributed by atoms with Gasteiger partial charge in [0.25, 0.3) is 0 Å². The number of hydrogen-bond donors (Lipinski definition) is 1. The van der Waals surface area contributed by atoms with Gasteiger partial charge in [0.1, 0.15) is 6.17 Å². The minimum atomic E-state index is -0.0698. The minimum absolute atomic E-state index is 0.0680. The zero-order valence-corrected chi connectivity index (χ0v) is 14.4. The molecule has 2 heterocycles. The monoisotopic (exact) mass is 324 g/mol. The van der Waals surface area contributed by atoms with E-state index in [0.29, 0.717) is 0 Å². The lowest BCUT2D eigenvalue weighted by atomic mass is 9.87. The third-order valence-electron chi connectivity index (χ3n) is 4.84. The van der Waals surface area contributed by atoms with E-state index in [4.69, 9.17) is 0 Å². The number of nitrogens with one attached hydrogen (secondary N) is 1. The highest BCUT2D eigenvalue weighted by Crippen LogP contribution is 2.41. The van der Waals surface area contributed by atoms with Gasteiger partial charge in [-0.05, 0) is 37.5 Å². The summed E-state index contributed by atoms with van der Waals surface area (Å²) in [5.74, 6) is 0.257. The van der Waals surface area contributed by atoms with Crippen molar-refractivity contribution in [2.75, 3.05) is 12.8 Å². The number of hydrogen-bond acceptors (Lipinski definition) is 4. The maximum atomic E-state index is 12.6. The molecule has 2 aliphatic rings. The number of thiophene rings is 1. The van der Waals surface area contributed by atoms with Gasteiger partial charge in [-0.3, -0.25) is 10.1 Å². The van der Waals surface area contributed by atoms with E-state index in [1.54, 1.807) is 11.3 Å². The number of thioether (sulfide) groups is 1. The van der Waals surface area contributed by atoms with E-state index in [9.17, 15) is 4.79 Å². The van der Waals surface area contributed by atoms with Gasteiger partial charge in [-0.1, -0.05) is 25.3 Å². The smallest absolute Gasteiger partial charge is 0.241 e. The average molecular weight is 325 g/mol. The predicted octanol–water partition coefficient (Wildman–Crippen LogP) is 3.63. The Bertz CT molecular complexity index is 482. The Balaban J connectivity index is 1.82. The van der Waals surface area contributed by atoms with E-state index < -0.39 is 0 Å². The van der Waals surface area contributed by atoms with E-state index in [2.05, 4.69) is 34.0 Å². The quantitative estimate of drug-likeness (QED) is 0.918. The molecule has 0 bridgehead atoms. The van der Waals surface area contributed by atoms with E-state index in [1.165, 1.54) is 37.0 Å². The van der Waals surface area contributed by atoms with Crippen LogP contribution in [0.15, 0.2) is 17.5 Å². The molecule has 1 amide bonds. The van der Waals surface area contributed by atoms with Crippen molar-refractivity contribution >= 4 is 29.0 Å². The third kappa shape index (κ3) is 3.01. The first-order valence-corrected chi connectivity index (χ1v) is 9.91. The van der Waals surface area contributed by atoms with Crippen molar-refractivity contribution in [2.24, 2.45) is 0 Å². The van der Waals surface area contributed by atoms with Crippen LogP contribution in [-0.2, 0) is 4.79 Å². The highest BCUT2D eigenvalue weighted by Gasteiger charge is 2.43. The first-order chi connectivity index (χ1) is 10.2. The van der Waals surface area contributed by atoms with Crippen LogP contribution in [0.3, 0.4) is 0 Å². The van der Waals surface area contributed by atoms with Gasteiger partial charge in [-0.15, -0.1) is 11.3 Å². The molecule has 1 aliphatic heterocycles. The minimum Gasteiger partial charge on any atom is -0.319 e. The van der Waals surface area contributed by atoms with Crippen LogP contribution in [-0.4, -0.2) is 34.4 Å². The number of carbonyl (C=O) groups excluding carboxylic acids is 1. The van der Waals surface area contributed by atoms with Gasteiger partial charge in [0.15, 0.2) is 0 Å². The Hall–Kier alpha value is -0.520. The van der Waals surface area contributed by atoms with Crippen molar-refractivity contribution in [3.63, 3.8) is 0 Å². The average Bonchev–Trinajstić information content (AvgIpc) is 3.12. The molecular weight excluding hydrogens is 300 g/mol. The summed E-state index contributed by atoms with van der Waals surface area (Å²) in [6, 6.07) is 4.13. The standard InChI is InChI=1S/C16H24N2OS2/c1-12-15(19)18(14(17-12)13-7-6-10-21-13)11-16(20-2)8-4-3-5-9-16/h6-7,10,12,14,17H,3-5,8-9,11H2,1-2H3. The van der Waals surface area contributed by atoms with Crippen LogP contribution < -0.4 is 5.32 Å². The molecule has 1 aliphatic carbocycles. The van der Waals surface area contributed by atoms with Gasteiger partial charge >= 0.3 is 0 Å². The fourth-order valence-electron chi connectivity index (χ4n) is 3.56. The summed E-state index contributed by atoms with van der Waals surface area (Å²) in [4.78, 5) is 15.9. The van der Waals surface area contributed by atoms with Crippen LogP contribution in [0.5, 0.6) is 0 Å². The number of carbonyl (C=O) groups is 1. The van der Waals surface area contributed by atoms with Gasteiger partial charge in [0.05, 0.1) is 6.04 Å². The van der Waals surface area contributed by atoms with Crippen molar-refractivity contribution in [2.45, 2.75) is 56.0 Å². The maximum Gasteiger partial charge on any atom is 0.241 e. The molecule has 0 aromatic carbocycles. The molecule has 1 saturated carbocycles. The van der Waals surface area contributed by atoms with E-state index in [1.807, 2.05) is 18.7 Å².